The van der Waals surface area contributed by atoms with Crippen LogP contribution in [0, 0.1) is 23.3 Å². The first-order valence-corrected chi connectivity index (χ1v) is 14.4. The number of rotatable bonds is 6. The predicted molar refractivity (Wildman–Crippen MR) is 158 cm³/mol. The van der Waals surface area contributed by atoms with Gasteiger partial charge in [-0.25, -0.2) is 17.6 Å². The van der Waals surface area contributed by atoms with Crippen LogP contribution in [0.15, 0.2) is 97.1 Å². The van der Waals surface area contributed by atoms with Gasteiger partial charge in [0.1, 0.15) is 23.3 Å². The minimum atomic E-state index is -0.239. The zero-order valence-electron chi connectivity index (χ0n) is 23.5. The van der Waals surface area contributed by atoms with Crippen LogP contribution in [-0.2, 0) is 0 Å². The molecule has 6 rings (SSSR count). The Bertz CT molecular complexity index is 1170. The first-order valence-electron chi connectivity index (χ1n) is 14.4. The molecule has 4 nitrogen and oxygen atoms in total. The molecule has 0 bridgehead atoms. The van der Waals surface area contributed by atoms with Gasteiger partial charge in [0, 0.05) is 52.4 Å². The Morgan fingerprint density at radius 3 is 0.810 bits per heavy atom. The van der Waals surface area contributed by atoms with Crippen molar-refractivity contribution in [2.45, 2.75) is 12.1 Å². The maximum atomic E-state index is 13.2. The van der Waals surface area contributed by atoms with Crippen LogP contribution in [0.1, 0.15) is 34.3 Å². The largest absolute Gasteiger partial charge is 0.314 e. The molecule has 2 aliphatic rings. The second-order valence-electron chi connectivity index (χ2n) is 10.6. The van der Waals surface area contributed by atoms with Gasteiger partial charge in [-0.2, -0.15) is 0 Å². The molecule has 2 aliphatic heterocycles. The fourth-order valence-corrected chi connectivity index (χ4v) is 5.69. The monoisotopic (exact) mass is 576 g/mol. The van der Waals surface area contributed by atoms with Gasteiger partial charge in [0.25, 0.3) is 0 Å². The standard InChI is InChI=1S/2C17H18F2N2/c2*18-15-5-1-13(2-6-15)17(21-11-9-20-10-12-21)14-3-7-16(19)8-4-14/h2*1-8,17,20H,9-12H2. The van der Waals surface area contributed by atoms with Gasteiger partial charge in [-0.3, -0.25) is 9.80 Å². The molecule has 0 unspecified atom stereocenters. The van der Waals surface area contributed by atoms with Gasteiger partial charge in [0.05, 0.1) is 12.1 Å². The van der Waals surface area contributed by atoms with E-state index in [4.69, 9.17) is 0 Å². The molecule has 4 aromatic rings. The van der Waals surface area contributed by atoms with E-state index >= 15 is 0 Å². The van der Waals surface area contributed by atoms with Crippen LogP contribution in [0.4, 0.5) is 17.6 Å². The van der Waals surface area contributed by atoms with E-state index in [1.165, 1.54) is 48.5 Å². The Morgan fingerprint density at radius 1 is 0.381 bits per heavy atom. The number of benzene rings is 4. The Balaban J connectivity index is 0.000000168. The van der Waals surface area contributed by atoms with Crippen molar-refractivity contribution in [1.82, 2.24) is 20.4 Å². The Hall–Kier alpha value is -3.56. The second kappa shape index (κ2) is 14.6. The van der Waals surface area contributed by atoms with Crippen LogP contribution < -0.4 is 10.6 Å². The van der Waals surface area contributed by atoms with E-state index in [9.17, 15) is 17.6 Å². The maximum Gasteiger partial charge on any atom is 0.123 e. The predicted octanol–water partition coefficient (Wildman–Crippen LogP) is 5.92. The number of nitrogens with one attached hydrogen (secondary N) is 2. The van der Waals surface area contributed by atoms with Gasteiger partial charge in [0.15, 0.2) is 0 Å². The summed E-state index contributed by atoms with van der Waals surface area (Å²) in [7, 11) is 0. The first kappa shape index (κ1) is 29.9. The Kier molecular flexibility index (Phi) is 10.4. The molecule has 2 N–H and O–H groups in total. The second-order valence-corrected chi connectivity index (χ2v) is 10.6. The molecular weight excluding hydrogens is 540 g/mol. The summed E-state index contributed by atoms with van der Waals surface area (Å²) in [6, 6.07) is 26.4. The highest BCUT2D eigenvalue weighted by molar-refractivity contribution is 5.34. The molecule has 2 saturated heterocycles. The summed E-state index contributed by atoms with van der Waals surface area (Å²) in [5.41, 5.74) is 4.13. The molecule has 0 saturated carbocycles. The van der Waals surface area contributed by atoms with E-state index in [-0.39, 0.29) is 35.4 Å². The van der Waals surface area contributed by atoms with Gasteiger partial charge < -0.3 is 10.6 Å². The molecule has 2 fully saturated rings. The normalized spacial score (nSPS) is 16.3. The number of hydrogen-bond acceptors (Lipinski definition) is 4. The van der Waals surface area contributed by atoms with E-state index in [1.807, 2.05) is 48.5 Å². The smallest absolute Gasteiger partial charge is 0.123 e. The van der Waals surface area contributed by atoms with Gasteiger partial charge in [-0.1, -0.05) is 48.5 Å². The SMILES string of the molecule is Fc1ccc(C(c2ccc(F)cc2)N2CCNCC2)cc1.Fc1ccc(C(c2ccc(F)cc2)N2CCNCC2)cc1. The minimum Gasteiger partial charge on any atom is -0.314 e. The number of halogens is 4. The molecule has 220 valence electrons. The van der Waals surface area contributed by atoms with Gasteiger partial charge in [-0.15, -0.1) is 0 Å². The van der Waals surface area contributed by atoms with E-state index in [1.54, 1.807) is 0 Å². The zero-order chi connectivity index (χ0) is 29.3. The van der Waals surface area contributed by atoms with Crippen molar-refractivity contribution in [3.05, 3.63) is 143 Å². The summed E-state index contributed by atoms with van der Waals surface area (Å²) in [6.45, 7) is 7.38. The lowest BCUT2D eigenvalue weighted by Gasteiger charge is -2.35. The molecule has 0 radical (unpaired) electrons. The lowest BCUT2D eigenvalue weighted by Crippen LogP contribution is -2.45. The summed E-state index contributed by atoms with van der Waals surface area (Å²) in [5.74, 6) is -0.956. The quantitative estimate of drug-likeness (QED) is 0.279. The van der Waals surface area contributed by atoms with Crippen LogP contribution in [0.25, 0.3) is 0 Å². The van der Waals surface area contributed by atoms with Crippen LogP contribution >= 0.6 is 0 Å². The van der Waals surface area contributed by atoms with E-state index < -0.39 is 0 Å². The molecule has 0 aliphatic carbocycles. The average molecular weight is 577 g/mol. The molecule has 0 aromatic heterocycles. The third-order valence-corrected chi connectivity index (χ3v) is 7.78. The fourth-order valence-electron chi connectivity index (χ4n) is 5.69. The topological polar surface area (TPSA) is 30.5 Å². The van der Waals surface area contributed by atoms with Crippen LogP contribution in [0.3, 0.4) is 0 Å². The Morgan fingerprint density at radius 2 is 0.595 bits per heavy atom. The third-order valence-electron chi connectivity index (χ3n) is 7.78. The van der Waals surface area contributed by atoms with Crippen LogP contribution in [-0.4, -0.2) is 62.2 Å². The molecular formula is C34H36F4N4. The van der Waals surface area contributed by atoms with Crippen molar-refractivity contribution in [3.63, 3.8) is 0 Å². The maximum absolute atomic E-state index is 13.2. The molecule has 0 spiro atoms. The zero-order valence-corrected chi connectivity index (χ0v) is 23.5. The molecule has 2 heterocycles. The highest BCUT2D eigenvalue weighted by atomic mass is 19.1. The lowest BCUT2D eigenvalue weighted by atomic mass is 9.96. The van der Waals surface area contributed by atoms with Crippen molar-refractivity contribution in [3.8, 4) is 0 Å². The summed E-state index contributed by atoms with van der Waals surface area (Å²) in [4.78, 5) is 4.69. The third kappa shape index (κ3) is 7.83. The van der Waals surface area contributed by atoms with Crippen LogP contribution in [0.2, 0.25) is 0 Å². The van der Waals surface area contributed by atoms with Crippen molar-refractivity contribution in [2.75, 3.05) is 52.4 Å². The summed E-state index contributed by atoms with van der Waals surface area (Å²) >= 11 is 0. The molecule has 0 atom stereocenters. The minimum absolute atomic E-state index is 0.0355. The molecule has 0 amide bonds. The van der Waals surface area contributed by atoms with Gasteiger partial charge in [-0.05, 0) is 70.8 Å². The average Bonchev–Trinajstić information content (AvgIpc) is 3.03. The van der Waals surface area contributed by atoms with Gasteiger partial charge in [0.2, 0.25) is 0 Å². The van der Waals surface area contributed by atoms with Crippen molar-refractivity contribution >= 4 is 0 Å². The number of piperazine rings is 2. The number of hydrogen-bond donors (Lipinski definition) is 2. The molecule has 8 heteroatoms. The molecule has 42 heavy (non-hydrogen) atoms. The number of nitrogens with zero attached hydrogens (tertiary/aromatic N) is 2. The van der Waals surface area contributed by atoms with E-state index in [0.717, 1.165) is 74.6 Å². The van der Waals surface area contributed by atoms with Crippen molar-refractivity contribution in [2.24, 2.45) is 0 Å². The first-order chi connectivity index (χ1) is 20.5. The van der Waals surface area contributed by atoms with Gasteiger partial charge >= 0.3 is 0 Å². The summed E-state index contributed by atoms with van der Waals surface area (Å²) < 4.78 is 52.7. The fraction of sp³-hybridized carbons (Fsp3) is 0.294. The summed E-state index contributed by atoms with van der Waals surface area (Å²) in [5, 5.41) is 6.66. The highest BCUT2D eigenvalue weighted by Gasteiger charge is 2.25. The van der Waals surface area contributed by atoms with Crippen LogP contribution in [0.5, 0.6) is 0 Å². The van der Waals surface area contributed by atoms with E-state index in [0.29, 0.717) is 0 Å². The molecule has 4 aromatic carbocycles. The van der Waals surface area contributed by atoms with Crippen molar-refractivity contribution < 1.29 is 17.6 Å². The van der Waals surface area contributed by atoms with E-state index in [2.05, 4.69) is 20.4 Å². The highest BCUT2D eigenvalue weighted by Crippen LogP contribution is 2.30. The summed E-state index contributed by atoms with van der Waals surface area (Å²) in [6.07, 6.45) is 0. The Labute approximate surface area is 245 Å². The van der Waals surface area contributed by atoms with Crippen molar-refractivity contribution in [1.29, 1.82) is 0 Å². The lowest BCUT2D eigenvalue weighted by molar-refractivity contribution is 0.198.